The van der Waals surface area contributed by atoms with Crippen molar-refractivity contribution < 1.29 is 39.6 Å². The van der Waals surface area contributed by atoms with Gasteiger partial charge in [-0.2, -0.15) is 0 Å². The Hall–Kier alpha value is -4.48. The third kappa shape index (κ3) is 4.84. The van der Waals surface area contributed by atoms with E-state index in [0.29, 0.717) is 24.1 Å². The first kappa shape index (κ1) is 29.0. The first-order valence-corrected chi connectivity index (χ1v) is 13.7. The van der Waals surface area contributed by atoms with Gasteiger partial charge in [0, 0.05) is 23.6 Å². The second kappa shape index (κ2) is 10.7. The number of nitrogens with one attached hydrogen (secondary N) is 1. The average molecular weight is 576 g/mol. The first-order valence-electron chi connectivity index (χ1n) is 13.7. The Labute approximate surface area is 241 Å². The maximum atomic E-state index is 13.6. The highest BCUT2D eigenvalue weighted by molar-refractivity contribution is 6.22. The molecule has 42 heavy (non-hydrogen) atoms. The first-order chi connectivity index (χ1) is 19.8. The third-order valence-electron chi connectivity index (χ3n) is 8.42. The molecule has 0 saturated heterocycles. The Morgan fingerprint density at radius 2 is 1.71 bits per heavy atom. The molecule has 220 valence electrons. The van der Waals surface area contributed by atoms with Crippen molar-refractivity contribution in [3.63, 3.8) is 0 Å². The lowest BCUT2D eigenvalue weighted by molar-refractivity contribution is -0.147. The van der Waals surface area contributed by atoms with Gasteiger partial charge in [0.05, 0.1) is 12.1 Å². The van der Waals surface area contributed by atoms with Crippen LogP contribution in [0.5, 0.6) is 5.75 Å². The van der Waals surface area contributed by atoms with E-state index >= 15 is 0 Å². The Kier molecular flexibility index (Phi) is 7.42. The monoisotopic (exact) mass is 575 g/mol. The fourth-order valence-electron chi connectivity index (χ4n) is 6.44. The largest absolute Gasteiger partial charge is 0.508 e. The molecule has 3 aliphatic rings. The number of Topliss-reactive ketones (excluding diaryl/α,β-unsaturated/α-hetero) is 2. The maximum absolute atomic E-state index is 13.6. The molecular weight excluding hydrogens is 542 g/mol. The number of anilines is 1. The van der Waals surface area contributed by atoms with Crippen LogP contribution < -0.4 is 11.1 Å². The minimum absolute atomic E-state index is 0.0820. The minimum Gasteiger partial charge on any atom is -0.508 e. The minimum atomic E-state index is -2.58. The normalized spacial score (nSPS) is 23.4. The van der Waals surface area contributed by atoms with Crippen molar-refractivity contribution in [3.05, 3.63) is 75.6 Å². The van der Waals surface area contributed by atoms with Crippen LogP contribution in [-0.4, -0.2) is 74.9 Å². The van der Waals surface area contributed by atoms with Crippen LogP contribution in [0.3, 0.4) is 0 Å². The van der Waals surface area contributed by atoms with Crippen LogP contribution in [0.2, 0.25) is 0 Å². The highest BCUT2D eigenvalue weighted by Gasteiger charge is 2.60. The van der Waals surface area contributed by atoms with Gasteiger partial charge in [0.25, 0.3) is 5.91 Å². The number of hydrogen-bond donors (Lipinski definition) is 6. The van der Waals surface area contributed by atoms with E-state index in [1.54, 1.807) is 11.0 Å². The molecular formula is C31H33N3O8. The molecule has 2 aromatic rings. The van der Waals surface area contributed by atoms with E-state index in [-0.39, 0.29) is 48.6 Å². The maximum Gasteiger partial charge on any atom is 0.255 e. The molecule has 0 aliphatic heterocycles. The number of nitrogens with two attached hydrogens (primary N) is 1. The van der Waals surface area contributed by atoms with Gasteiger partial charge in [0.1, 0.15) is 22.8 Å². The molecule has 2 amide bonds. The van der Waals surface area contributed by atoms with E-state index in [9.17, 15) is 39.6 Å². The van der Waals surface area contributed by atoms with E-state index in [0.717, 1.165) is 11.1 Å². The number of aliphatic hydroxyl groups excluding tert-OH is 2. The summed E-state index contributed by atoms with van der Waals surface area (Å²) in [5, 5.41) is 46.9. The molecule has 0 heterocycles. The highest BCUT2D eigenvalue weighted by Crippen LogP contribution is 2.52. The van der Waals surface area contributed by atoms with Gasteiger partial charge in [-0.1, -0.05) is 18.2 Å². The molecule has 3 atom stereocenters. The fraction of sp³-hybridized carbons (Fsp3) is 0.355. The fourth-order valence-corrected chi connectivity index (χ4v) is 6.44. The van der Waals surface area contributed by atoms with Crippen LogP contribution in [0.15, 0.2) is 53.3 Å². The van der Waals surface area contributed by atoms with E-state index in [1.807, 2.05) is 38.4 Å². The Bertz CT molecular complexity index is 1570. The number of amides is 2. The van der Waals surface area contributed by atoms with Crippen LogP contribution in [0.1, 0.15) is 35.1 Å². The van der Waals surface area contributed by atoms with Crippen molar-refractivity contribution in [2.45, 2.75) is 37.7 Å². The molecule has 3 aliphatic carbocycles. The number of likely N-dealkylation sites (N-methyl/N-ethyl adjacent to an activating group) is 1. The lowest BCUT2D eigenvalue weighted by Crippen LogP contribution is -2.58. The summed E-state index contributed by atoms with van der Waals surface area (Å²) in [5.41, 5.74) is 4.95. The second-order valence-corrected chi connectivity index (χ2v) is 11.5. The summed E-state index contributed by atoms with van der Waals surface area (Å²) < 4.78 is 0. The van der Waals surface area contributed by atoms with Crippen molar-refractivity contribution >= 4 is 34.8 Å². The Morgan fingerprint density at radius 1 is 1.02 bits per heavy atom. The SMILES string of the molecule is CN(C)CC(=O)Nc1ccc(CCc2ccc(O)c3c2C[C@H]2C[C@H]4CC(=O)C(C(N)=O)=C(O)[C@@]4(O)C(=O)C2=C3O)cc1. The quantitative estimate of drug-likeness (QED) is 0.267. The van der Waals surface area contributed by atoms with E-state index < -0.39 is 52.0 Å². The zero-order chi connectivity index (χ0) is 30.5. The number of aryl methyl sites for hydroxylation is 2. The standard InChI is InChI=1S/C31H33N3O8/c1-34(2)14-23(37)33-19-8-4-15(5-9-19)3-6-16-7-10-21(35)25-20(16)12-17-11-18-13-22(36)26(30(32)41)29(40)31(18,42)28(39)24(17)27(25)38/h4-5,7-10,17-18,35,38,40,42H,3,6,11-14H2,1-2H3,(H2,32,41)(H,33,37)/t17-,18+,31+/m1/s1. The van der Waals surface area contributed by atoms with Gasteiger partial charge in [-0.05, 0) is 80.6 Å². The molecule has 5 rings (SSSR count). The van der Waals surface area contributed by atoms with Gasteiger partial charge in [-0.25, -0.2) is 0 Å². The summed E-state index contributed by atoms with van der Waals surface area (Å²) in [6.07, 6.45) is 1.15. The van der Waals surface area contributed by atoms with Crippen LogP contribution in [0.25, 0.3) is 5.76 Å². The lowest BCUT2D eigenvalue weighted by atomic mass is 9.59. The molecule has 11 heteroatoms. The number of nitrogens with zero attached hydrogens (tertiary/aromatic N) is 1. The number of hydrogen-bond acceptors (Lipinski definition) is 9. The predicted octanol–water partition coefficient (Wildman–Crippen LogP) is 1.71. The van der Waals surface area contributed by atoms with Crippen molar-refractivity contribution in [1.82, 2.24) is 4.90 Å². The van der Waals surface area contributed by atoms with Crippen molar-refractivity contribution in [2.24, 2.45) is 17.6 Å². The molecule has 0 unspecified atom stereocenters. The van der Waals surface area contributed by atoms with Crippen LogP contribution in [0, 0.1) is 11.8 Å². The number of fused-ring (bicyclic) bond motifs is 3. The molecule has 2 aromatic carbocycles. The highest BCUT2D eigenvalue weighted by atomic mass is 16.3. The van der Waals surface area contributed by atoms with Gasteiger partial charge >= 0.3 is 0 Å². The Morgan fingerprint density at radius 3 is 2.36 bits per heavy atom. The number of aromatic hydroxyl groups is 1. The molecule has 1 saturated carbocycles. The average Bonchev–Trinajstić information content (AvgIpc) is 2.90. The summed E-state index contributed by atoms with van der Waals surface area (Å²) in [6, 6.07) is 10.7. The number of phenols is 1. The zero-order valence-electron chi connectivity index (χ0n) is 23.3. The van der Waals surface area contributed by atoms with Crippen molar-refractivity contribution in [1.29, 1.82) is 0 Å². The van der Waals surface area contributed by atoms with Crippen LogP contribution >= 0.6 is 0 Å². The van der Waals surface area contributed by atoms with Crippen molar-refractivity contribution in [3.8, 4) is 5.75 Å². The summed E-state index contributed by atoms with van der Waals surface area (Å²) in [6.45, 7) is 0.270. The Balaban J connectivity index is 1.42. The molecule has 0 radical (unpaired) electrons. The smallest absolute Gasteiger partial charge is 0.255 e. The number of aliphatic hydroxyl groups is 3. The molecule has 11 nitrogen and oxygen atoms in total. The number of primary amides is 1. The van der Waals surface area contributed by atoms with Gasteiger partial charge < -0.3 is 36.4 Å². The zero-order valence-corrected chi connectivity index (χ0v) is 23.3. The number of phenolic OH excluding ortho intramolecular Hbond substituents is 1. The number of carbonyl (C=O) groups is 4. The number of rotatable bonds is 7. The van der Waals surface area contributed by atoms with Gasteiger partial charge in [0.15, 0.2) is 11.4 Å². The number of benzene rings is 2. The summed E-state index contributed by atoms with van der Waals surface area (Å²) in [4.78, 5) is 51.8. The van der Waals surface area contributed by atoms with Gasteiger partial charge in [0.2, 0.25) is 11.7 Å². The molecule has 0 spiro atoms. The third-order valence-corrected chi connectivity index (χ3v) is 8.42. The van der Waals surface area contributed by atoms with Gasteiger partial charge in [-0.3, -0.25) is 19.2 Å². The molecule has 1 fully saturated rings. The summed E-state index contributed by atoms with van der Waals surface area (Å²) in [5.74, 6) is -6.57. The topological polar surface area (TPSA) is 190 Å². The van der Waals surface area contributed by atoms with Crippen LogP contribution in [-0.2, 0) is 38.4 Å². The van der Waals surface area contributed by atoms with Crippen molar-refractivity contribution in [2.75, 3.05) is 26.0 Å². The van der Waals surface area contributed by atoms with E-state index in [4.69, 9.17) is 5.73 Å². The summed E-state index contributed by atoms with van der Waals surface area (Å²) in [7, 11) is 3.63. The molecule has 7 N–H and O–H groups in total. The van der Waals surface area contributed by atoms with E-state index in [2.05, 4.69) is 5.32 Å². The lowest BCUT2D eigenvalue weighted by Gasteiger charge is -2.46. The number of carbonyl (C=O) groups excluding carboxylic acids is 4. The molecule has 0 bridgehead atoms. The summed E-state index contributed by atoms with van der Waals surface area (Å²) >= 11 is 0. The molecule has 0 aromatic heterocycles. The van der Waals surface area contributed by atoms with E-state index in [1.165, 1.54) is 6.07 Å². The second-order valence-electron chi connectivity index (χ2n) is 11.5. The van der Waals surface area contributed by atoms with Crippen LogP contribution in [0.4, 0.5) is 5.69 Å². The predicted molar refractivity (Wildman–Crippen MR) is 152 cm³/mol. The van der Waals surface area contributed by atoms with Gasteiger partial charge in [-0.15, -0.1) is 0 Å². The number of ketones is 2.